The number of nitriles is 1. The van der Waals surface area contributed by atoms with Gasteiger partial charge in [-0.15, -0.1) is 0 Å². The molecule has 2 aromatic rings. The molecule has 0 unspecified atom stereocenters. The number of hydrogen-bond donors (Lipinski definition) is 0. The van der Waals surface area contributed by atoms with Crippen molar-refractivity contribution < 1.29 is 9.53 Å². The SMILES string of the molecule is CC(=O)Oc1ccc(Sc2cccc(C#N)c2)cc1. The van der Waals surface area contributed by atoms with Crippen molar-refractivity contribution >= 4 is 17.7 Å². The third kappa shape index (κ3) is 3.87. The topological polar surface area (TPSA) is 50.1 Å². The van der Waals surface area contributed by atoms with Gasteiger partial charge in [0.05, 0.1) is 11.6 Å². The lowest BCUT2D eigenvalue weighted by Gasteiger charge is -2.04. The first-order valence-electron chi connectivity index (χ1n) is 5.64. The highest BCUT2D eigenvalue weighted by Crippen LogP contribution is 2.29. The maximum atomic E-state index is 10.8. The van der Waals surface area contributed by atoms with E-state index >= 15 is 0 Å². The normalized spacial score (nSPS) is 9.68. The first kappa shape index (κ1) is 13.2. The zero-order chi connectivity index (χ0) is 13.7. The van der Waals surface area contributed by atoms with Crippen molar-refractivity contribution in [1.82, 2.24) is 0 Å². The molecule has 2 rings (SSSR count). The van der Waals surface area contributed by atoms with Gasteiger partial charge < -0.3 is 4.74 Å². The fourth-order valence-corrected chi connectivity index (χ4v) is 2.38. The Balaban J connectivity index is 2.11. The molecule has 0 amide bonds. The number of hydrogen-bond acceptors (Lipinski definition) is 4. The van der Waals surface area contributed by atoms with Crippen LogP contribution in [0.2, 0.25) is 0 Å². The van der Waals surface area contributed by atoms with Crippen LogP contribution < -0.4 is 4.74 Å². The van der Waals surface area contributed by atoms with Crippen LogP contribution in [0.4, 0.5) is 0 Å². The number of rotatable bonds is 3. The summed E-state index contributed by atoms with van der Waals surface area (Å²) in [7, 11) is 0. The van der Waals surface area contributed by atoms with Crippen molar-refractivity contribution in [1.29, 1.82) is 5.26 Å². The predicted molar refractivity (Wildman–Crippen MR) is 73.0 cm³/mol. The number of nitrogens with zero attached hydrogens (tertiary/aromatic N) is 1. The van der Waals surface area contributed by atoms with Crippen molar-refractivity contribution in [2.75, 3.05) is 0 Å². The molecule has 0 bridgehead atoms. The molecule has 0 spiro atoms. The number of esters is 1. The highest BCUT2D eigenvalue weighted by atomic mass is 32.2. The average Bonchev–Trinajstić information content (AvgIpc) is 2.41. The van der Waals surface area contributed by atoms with E-state index in [-0.39, 0.29) is 5.97 Å². The largest absolute Gasteiger partial charge is 0.427 e. The van der Waals surface area contributed by atoms with Gasteiger partial charge in [0, 0.05) is 16.7 Å². The van der Waals surface area contributed by atoms with Crippen LogP contribution in [0.1, 0.15) is 12.5 Å². The molecule has 4 heteroatoms. The first-order chi connectivity index (χ1) is 9.17. The van der Waals surface area contributed by atoms with Gasteiger partial charge >= 0.3 is 5.97 Å². The predicted octanol–water partition coefficient (Wildman–Crippen LogP) is 3.63. The standard InChI is InChI=1S/C15H11NO2S/c1-11(17)18-13-5-7-14(8-6-13)19-15-4-2-3-12(9-15)10-16/h2-9H,1H3. The van der Waals surface area contributed by atoms with Crippen LogP contribution in [0.25, 0.3) is 0 Å². The lowest BCUT2D eigenvalue weighted by molar-refractivity contribution is -0.131. The number of benzene rings is 2. The summed E-state index contributed by atoms with van der Waals surface area (Å²) in [5, 5.41) is 8.84. The summed E-state index contributed by atoms with van der Waals surface area (Å²) in [5.41, 5.74) is 0.640. The van der Waals surface area contributed by atoms with E-state index in [0.29, 0.717) is 11.3 Å². The zero-order valence-electron chi connectivity index (χ0n) is 10.3. The van der Waals surface area contributed by atoms with E-state index in [9.17, 15) is 4.79 Å². The van der Waals surface area contributed by atoms with Gasteiger partial charge in [0.1, 0.15) is 5.75 Å². The molecule has 94 valence electrons. The molecule has 0 aliphatic rings. The molecule has 0 fully saturated rings. The summed E-state index contributed by atoms with van der Waals surface area (Å²) in [6.45, 7) is 1.37. The minimum Gasteiger partial charge on any atom is -0.427 e. The van der Waals surface area contributed by atoms with Crippen LogP contribution in [0, 0.1) is 11.3 Å². The van der Waals surface area contributed by atoms with Gasteiger partial charge in [-0.2, -0.15) is 5.26 Å². The van der Waals surface area contributed by atoms with E-state index in [1.165, 1.54) is 6.92 Å². The minimum atomic E-state index is -0.331. The average molecular weight is 269 g/mol. The van der Waals surface area contributed by atoms with Crippen molar-refractivity contribution in [3.63, 3.8) is 0 Å². The van der Waals surface area contributed by atoms with Crippen LogP contribution >= 0.6 is 11.8 Å². The lowest BCUT2D eigenvalue weighted by Crippen LogP contribution is -2.00. The molecular weight excluding hydrogens is 258 g/mol. The summed E-state index contributed by atoms with van der Waals surface area (Å²) in [5.74, 6) is 0.199. The summed E-state index contributed by atoms with van der Waals surface area (Å²) in [4.78, 5) is 12.8. The number of carbonyl (C=O) groups is 1. The molecule has 2 aromatic carbocycles. The van der Waals surface area contributed by atoms with Gasteiger partial charge in [0.2, 0.25) is 0 Å². The molecule has 0 N–H and O–H groups in total. The van der Waals surface area contributed by atoms with Crippen molar-refractivity contribution in [2.45, 2.75) is 16.7 Å². The molecule has 0 aromatic heterocycles. The van der Waals surface area contributed by atoms with E-state index in [1.54, 1.807) is 30.0 Å². The zero-order valence-corrected chi connectivity index (χ0v) is 11.1. The van der Waals surface area contributed by atoms with Crippen molar-refractivity contribution in [3.05, 3.63) is 54.1 Å². The van der Waals surface area contributed by atoms with Gasteiger partial charge in [-0.1, -0.05) is 17.8 Å². The lowest BCUT2D eigenvalue weighted by atomic mass is 10.2. The smallest absolute Gasteiger partial charge is 0.308 e. The highest BCUT2D eigenvalue weighted by Gasteiger charge is 2.01. The van der Waals surface area contributed by atoms with E-state index in [1.807, 2.05) is 30.3 Å². The highest BCUT2D eigenvalue weighted by molar-refractivity contribution is 7.99. The molecule has 3 nitrogen and oxygen atoms in total. The van der Waals surface area contributed by atoms with Gasteiger partial charge in [-0.25, -0.2) is 0 Å². The summed E-state index contributed by atoms with van der Waals surface area (Å²) >= 11 is 1.55. The maximum absolute atomic E-state index is 10.8. The van der Waals surface area contributed by atoms with Gasteiger partial charge in [0.15, 0.2) is 0 Å². The molecular formula is C15H11NO2S. The Morgan fingerprint density at radius 3 is 2.53 bits per heavy atom. The number of carbonyl (C=O) groups excluding carboxylic acids is 1. The molecule has 19 heavy (non-hydrogen) atoms. The Morgan fingerprint density at radius 2 is 1.89 bits per heavy atom. The second-order valence-corrected chi connectivity index (χ2v) is 4.95. The fourth-order valence-electron chi connectivity index (χ4n) is 1.51. The second kappa shape index (κ2) is 6.07. The summed E-state index contributed by atoms with van der Waals surface area (Å²) in [6, 6.07) is 16.8. The van der Waals surface area contributed by atoms with Crippen LogP contribution in [0.3, 0.4) is 0 Å². The van der Waals surface area contributed by atoms with Gasteiger partial charge in [0.25, 0.3) is 0 Å². The molecule has 0 aliphatic heterocycles. The summed E-state index contributed by atoms with van der Waals surface area (Å²) in [6.07, 6.45) is 0. The van der Waals surface area contributed by atoms with E-state index < -0.39 is 0 Å². The van der Waals surface area contributed by atoms with Gasteiger partial charge in [-0.05, 0) is 42.5 Å². The Hall–Kier alpha value is -2.25. The minimum absolute atomic E-state index is 0.331. The second-order valence-electron chi connectivity index (χ2n) is 3.81. The van der Waals surface area contributed by atoms with E-state index in [4.69, 9.17) is 10.00 Å². The third-order valence-electron chi connectivity index (χ3n) is 2.28. The first-order valence-corrected chi connectivity index (χ1v) is 6.45. The van der Waals surface area contributed by atoms with Crippen LogP contribution in [0.15, 0.2) is 58.3 Å². The van der Waals surface area contributed by atoms with Crippen molar-refractivity contribution in [2.24, 2.45) is 0 Å². The molecule has 0 atom stereocenters. The Bertz CT molecular complexity index is 629. The fraction of sp³-hybridized carbons (Fsp3) is 0.0667. The Kier molecular flexibility index (Phi) is 4.22. The quantitative estimate of drug-likeness (QED) is 0.630. The van der Waals surface area contributed by atoms with Crippen LogP contribution in [0.5, 0.6) is 5.75 Å². The molecule has 0 aliphatic carbocycles. The Labute approximate surface area is 115 Å². The molecule has 0 radical (unpaired) electrons. The van der Waals surface area contributed by atoms with Gasteiger partial charge in [-0.3, -0.25) is 4.79 Å². The monoisotopic (exact) mass is 269 g/mol. The van der Waals surface area contributed by atoms with Crippen LogP contribution in [-0.4, -0.2) is 5.97 Å². The third-order valence-corrected chi connectivity index (χ3v) is 3.28. The maximum Gasteiger partial charge on any atom is 0.308 e. The molecule has 0 heterocycles. The molecule has 0 saturated carbocycles. The van der Waals surface area contributed by atoms with E-state index in [0.717, 1.165) is 9.79 Å². The number of ether oxygens (including phenoxy) is 1. The molecule has 0 saturated heterocycles. The van der Waals surface area contributed by atoms with Crippen LogP contribution in [-0.2, 0) is 4.79 Å². The van der Waals surface area contributed by atoms with Crippen molar-refractivity contribution in [3.8, 4) is 11.8 Å². The van der Waals surface area contributed by atoms with E-state index in [2.05, 4.69) is 6.07 Å². The Morgan fingerprint density at radius 1 is 1.16 bits per heavy atom. The summed E-state index contributed by atoms with van der Waals surface area (Å²) < 4.78 is 4.96.